The van der Waals surface area contributed by atoms with Crippen LogP contribution in [0.5, 0.6) is 17.2 Å². The van der Waals surface area contributed by atoms with E-state index in [1.165, 1.54) is 0 Å². The van der Waals surface area contributed by atoms with Gasteiger partial charge >= 0.3 is 0 Å². The molecular formula is C20H26F2IN3O3. The van der Waals surface area contributed by atoms with E-state index >= 15 is 0 Å². The van der Waals surface area contributed by atoms with Crippen LogP contribution in [-0.4, -0.2) is 39.8 Å². The molecule has 0 saturated heterocycles. The van der Waals surface area contributed by atoms with Crippen molar-refractivity contribution in [1.29, 1.82) is 0 Å². The number of halogens is 3. The highest BCUT2D eigenvalue weighted by Gasteiger charge is 2.05. The molecule has 0 aromatic heterocycles. The second-order valence-corrected chi connectivity index (χ2v) is 5.92. The highest BCUT2D eigenvalue weighted by atomic mass is 127. The zero-order chi connectivity index (χ0) is 20.4. The van der Waals surface area contributed by atoms with E-state index in [0.29, 0.717) is 36.3 Å². The molecule has 0 atom stereocenters. The van der Waals surface area contributed by atoms with Gasteiger partial charge in [-0.25, -0.2) is 13.8 Å². The number of rotatable bonds is 10. The maximum Gasteiger partial charge on any atom is 0.272 e. The van der Waals surface area contributed by atoms with Crippen molar-refractivity contribution in [1.82, 2.24) is 5.32 Å². The van der Waals surface area contributed by atoms with Gasteiger partial charge in [-0.3, -0.25) is 0 Å². The number of guanidine groups is 1. The Balaban J connectivity index is 0.00000420. The van der Waals surface area contributed by atoms with Crippen LogP contribution >= 0.6 is 24.0 Å². The number of nitrogens with zero attached hydrogens (tertiary/aromatic N) is 1. The van der Waals surface area contributed by atoms with E-state index in [0.717, 1.165) is 17.5 Å². The maximum atomic E-state index is 12.2. The molecule has 0 amide bonds. The number of alkyl halides is 2. The molecule has 2 rings (SSSR count). The van der Waals surface area contributed by atoms with Crippen molar-refractivity contribution in [3.63, 3.8) is 0 Å². The van der Waals surface area contributed by atoms with Gasteiger partial charge in [-0.15, -0.1) is 24.0 Å². The Morgan fingerprint density at radius 2 is 1.83 bits per heavy atom. The lowest BCUT2D eigenvalue weighted by atomic mass is 10.1. The Hall–Kier alpha value is -2.30. The van der Waals surface area contributed by atoms with Crippen molar-refractivity contribution >= 4 is 29.9 Å². The number of hydrogen-bond acceptors (Lipinski definition) is 4. The van der Waals surface area contributed by atoms with Gasteiger partial charge in [-0.05, 0) is 41.8 Å². The number of benzene rings is 2. The minimum atomic E-state index is -2.51. The van der Waals surface area contributed by atoms with Crippen LogP contribution in [0.3, 0.4) is 0 Å². The molecule has 6 nitrogen and oxygen atoms in total. The van der Waals surface area contributed by atoms with Gasteiger partial charge in [-0.2, -0.15) is 0 Å². The molecule has 3 N–H and O–H groups in total. The molecule has 0 fully saturated rings. The molecule has 0 unspecified atom stereocenters. The first kappa shape index (κ1) is 24.7. The van der Waals surface area contributed by atoms with Crippen LogP contribution in [0, 0.1) is 0 Å². The van der Waals surface area contributed by atoms with Crippen molar-refractivity contribution < 1.29 is 23.0 Å². The van der Waals surface area contributed by atoms with Crippen molar-refractivity contribution in [3.8, 4) is 17.2 Å². The summed E-state index contributed by atoms with van der Waals surface area (Å²) in [5, 5.41) is 3.05. The molecule has 0 heterocycles. The van der Waals surface area contributed by atoms with E-state index in [9.17, 15) is 8.78 Å². The standard InChI is InChI=1S/C20H25F2N3O3.HI/c1-26-17-7-6-14(11-18(17)27-2)8-9-24-20(23)25-12-15-4-3-5-16(10-15)28-13-19(21)22;/h3-7,10-11,19H,8-9,12-13H2,1-2H3,(H3,23,24,25);1H. The molecule has 0 spiro atoms. The van der Waals surface area contributed by atoms with E-state index < -0.39 is 13.0 Å². The van der Waals surface area contributed by atoms with Crippen LogP contribution in [-0.2, 0) is 13.0 Å². The number of aliphatic imine (C=N–C) groups is 1. The molecule has 2 aromatic carbocycles. The summed E-state index contributed by atoms with van der Waals surface area (Å²) in [4.78, 5) is 4.26. The number of ether oxygens (including phenoxy) is 3. The van der Waals surface area contributed by atoms with Crippen molar-refractivity contribution in [2.75, 3.05) is 27.4 Å². The van der Waals surface area contributed by atoms with Gasteiger partial charge in [0.2, 0.25) is 0 Å². The average Bonchev–Trinajstić information content (AvgIpc) is 2.71. The molecule has 0 saturated carbocycles. The summed E-state index contributed by atoms with van der Waals surface area (Å²) in [5.74, 6) is 2.04. The van der Waals surface area contributed by atoms with Gasteiger partial charge in [0, 0.05) is 6.54 Å². The van der Waals surface area contributed by atoms with Gasteiger partial charge < -0.3 is 25.3 Å². The molecule has 9 heteroatoms. The highest BCUT2D eigenvalue weighted by Crippen LogP contribution is 2.27. The summed E-state index contributed by atoms with van der Waals surface area (Å²) in [6.45, 7) is 0.288. The first-order valence-corrected chi connectivity index (χ1v) is 8.76. The van der Waals surface area contributed by atoms with Crippen LogP contribution in [0.4, 0.5) is 8.78 Å². The Morgan fingerprint density at radius 1 is 1.07 bits per heavy atom. The summed E-state index contributed by atoms with van der Waals surface area (Å²) in [6, 6.07) is 12.6. The highest BCUT2D eigenvalue weighted by molar-refractivity contribution is 14.0. The summed E-state index contributed by atoms with van der Waals surface area (Å²) in [7, 11) is 3.19. The number of methoxy groups -OCH3 is 2. The fourth-order valence-electron chi connectivity index (χ4n) is 2.50. The predicted octanol–water partition coefficient (Wildman–Crippen LogP) is 3.61. The monoisotopic (exact) mass is 521 g/mol. The summed E-state index contributed by atoms with van der Waals surface area (Å²) < 4.78 is 39.9. The molecule has 0 aliphatic heterocycles. The lowest BCUT2D eigenvalue weighted by molar-refractivity contribution is 0.0818. The average molecular weight is 521 g/mol. The second kappa shape index (κ2) is 13.0. The van der Waals surface area contributed by atoms with Gasteiger partial charge in [0.15, 0.2) is 17.5 Å². The maximum absolute atomic E-state index is 12.2. The molecule has 0 radical (unpaired) electrons. The van der Waals surface area contributed by atoms with Crippen LogP contribution in [0.2, 0.25) is 0 Å². The molecule has 0 aliphatic carbocycles. The van der Waals surface area contributed by atoms with E-state index in [1.54, 1.807) is 32.4 Å². The molecule has 0 bridgehead atoms. The lowest BCUT2D eigenvalue weighted by Crippen LogP contribution is -2.33. The third kappa shape index (κ3) is 8.71. The SMILES string of the molecule is COc1ccc(CCNC(N)=NCc2cccc(OCC(F)F)c2)cc1OC.I. The predicted molar refractivity (Wildman–Crippen MR) is 120 cm³/mol. The zero-order valence-corrected chi connectivity index (χ0v) is 18.7. The normalized spacial score (nSPS) is 11.0. The Morgan fingerprint density at radius 3 is 2.52 bits per heavy atom. The number of nitrogens with one attached hydrogen (secondary N) is 1. The number of nitrogens with two attached hydrogens (primary N) is 1. The van der Waals surface area contributed by atoms with Crippen LogP contribution in [0.1, 0.15) is 11.1 Å². The van der Waals surface area contributed by atoms with Gasteiger partial charge in [0.1, 0.15) is 12.4 Å². The first-order chi connectivity index (χ1) is 13.5. The molecular weight excluding hydrogens is 495 g/mol. The summed E-state index contributed by atoms with van der Waals surface area (Å²) >= 11 is 0. The molecule has 29 heavy (non-hydrogen) atoms. The summed E-state index contributed by atoms with van der Waals surface area (Å²) in [6.07, 6.45) is -1.78. The van der Waals surface area contributed by atoms with Gasteiger partial charge in [-0.1, -0.05) is 18.2 Å². The Kier molecular flexibility index (Phi) is 11.1. The number of hydrogen-bond donors (Lipinski definition) is 2. The lowest BCUT2D eigenvalue weighted by Gasteiger charge is -2.10. The third-order valence-electron chi connectivity index (χ3n) is 3.87. The van der Waals surface area contributed by atoms with Crippen molar-refractivity contribution in [2.24, 2.45) is 10.7 Å². The van der Waals surface area contributed by atoms with E-state index in [4.69, 9.17) is 19.9 Å². The van der Waals surface area contributed by atoms with Crippen LogP contribution in [0.15, 0.2) is 47.5 Å². The fourth-order valence-corrected chi connectivity index (χ4v) is 2.50. The van der Waals surface area contributed by atoms with E-state index in [2.05, 4.69) is 10.3 Å². The van der Waals surface area contributed by atoms with Gasteiger partial charge in [0.05, 0.1) is 20.8 Å². The molecule has 0 aliphatic rings. The Labute approximate surface area is 186 Å². The molecule has 160 valence electrons. The topological polar surface area (TPSA) is 78.1 Å². The largest absolute Gasteiger partial charge is 0.493 e. The first-order valence-electron chi connectivity index (χ1n) is 8.76. The van der Waals surface area contributed by atoms with E-state index in [1.807, 2.05) is 24.3 Å². The summed E-state index contributed by atoms with van der Waals surface area (Å²) in [5.41, 5.74) is 7.77. The minimum Gasteiger partial charge on any atom is -0.493 e. The van der Waals surface area contributed by atoms with Gasteiger partial charge in [0.25, 0.3) is 6.43 Å². The second-order valence-electron chi connectivity index (χ2n) is 5.92. The zero-order valence-electron chi connectivity index (χ0n) is 16.4. The third-order valence-corrected chi connectivity index (χ3v) is 3.87. The van der Waals surface area contributed by atoms with Crippen LogP contribution < -0.4 is 25.3 Å². The molecule has 2 aromatic rings. The fraction of sp³-hybridized carbons (Fsp3) is 0.350. The smallest absolute Gasteiger partial charge is 0.272 e. The van der Waals surface area contributed by atoms with Crippen LogP contribution in [0.25, 0.3) is 0 Å². The van der Waals surface area contributed by atoms with Crippen molar-refractivity contribution in [2.45, 2.75) is 19.4 Å². The van der Waals surface area contributed by atoms with Crippen molar-refractivity contribution in [3.05, 3.63) is 53.6 Å². The quantitative estimate of drug-likeness (QED) is 0.284. The van der Waals surface area contributed by atoms with E-state index in [-0.39, 0.29) is 24.0 Å². The minimum absolute atomic E-state index is 0. The Bertz CT molecular complexity index is 791.